The molecule has 0 saturated carbocycles. The van der Waals surface area contributed by atoms with E-state index < -0.39 is 11.7 Å². The number of fused-ring (bicyclic) bond motifs is 1. The predicted molar refractivity (Wildman–Crippen MR) is 74.5 cm³/mol. The molecule has 0 fully saturated rings. The fraction of sp³-hybridized carbons (Fsp3) is 0.188. The van der Waals surface area contributed by atoms with Gasteiger partial charge in [0, 0.05) is 5.56 Å². The fourth-order valence-electron chi connectivity index (χ4n) is 2.43. The molecule has 2 aromatic carbocycles. The van der Waals surface area contributed by atoms with Gasteiger partial charge in [0.1, 0.15) is 11.4 Å². The van der Waals surface area contributed by atoms with Gasteiger partial charge in [0.05, 0.1) is 11.4 Å². The van der Waals surface area contributed by atoms with E-state index in [2.05, 4.69) is 0 Å². The van der Waals surface area contributed by atoms with Crippen LogP contribution in [0.2, 0.25) is 0 Å². The van der Waals surface area contributed by atoms with E-state index in [4.69, 9.17) is 4.74 Å². The molecule has 0 N–H and O–H groups in total. The lowest BCUT2D eigenvalue weighted by Gasteiger charge is -2.38. The minimum atomic E-state index is -0.676. The molecule has 1 aliphatic heterocycles. The van der Waals surface area contributed by atoms with E-state index in [1.807, 2.05) is 38.1 Å². The van der Waals surface area contributed by atoms with Crippen LogP contribution >= 0.6 is 0 Å². The quantitative estimate of drug-likeness (QED) is 0.771. The predicted octanol–water partition coefficient (Wildman–Crippen LogP) is 4.35. The van der Waals surface area contributed by atoms with Gasteiger partial charge < -0.3 is 4.74 Å². The first-order chi connectivity index (χ1) is 9.49. The Morgan fingerprint density at radius 1 is 1.05 bits per heavy atom. The number of cyclic esters (lactones) is 1. The number of benzene rings is 2. The van der Waals surface area contributed by atoms with Gasteiger partial charge in [0.25, 0.3) is 0 Å². The van der Waals surface area contributed by atoms with Crippen molar-refractivity contribution in [1.29, 1.82) is 0 Å². The van der Waals surface area contributed by atoms with Crippen LogP contribution in [0, 0.1) is 5.82 Å². The normalized spacial score (nSPS) is 16.6. The second-order valence-corrected chi connectivity index (χ2v) is 5.21. The Bertz CT molecular complexity index is 664. The SMILES string of the molecule is CC1(C)OC(=O)N(c2ccc(F)cc2)c2ccccc21. The average Bonchev–Trinajstić information content (AvgIpc) is 2.40. The summed E-state index contributed by atoms with van der Waals surface area (Å²) < 4.78 is 18.5. The Balaban J connectivity index is 2.16. The highest BCUT2D eigenvalue weighted by Crippen LogP contribution is 2.41. The lowest BCUT2D eigenvalue weighted by atomic mass is 9.94. The van der Waals surface area contributed by atoms with Gasteiger partial charge in [-0.15, -0.1) is 0 Å². The van der Waals surface area contributed by atoms with E-state index in [0.717, 1.165) is 11.3 Å². The van der Waals surface area contributed by atoms with Gasteiger partial charge in [-0.05, 0) is 44.2 Å². The van der Waals surface area contributed by atoms with Gasteiger partial charge in [-0.2, -0.15) is 0 Å². The molecule has 102 valence electrons. The number of anilines is 2. The molecule has 0 aromatic heterocycles. The summed E-state index contributed by atoms with van der Waals surface area (Å²) in [7, 11) is 0. The Labute approximate surface area is 116 Å². The Morgan fingerprint density at radius 2 is 1.70 bits per heavy atom. The van der Waals surface area contributed by atoms with Gasteiger partial charge >= 0.3 is 6.09 Å². The molecule has 4 heteroatoms. The standard InChI is InChI=1S/C16H14FNO2/c1-16(2)13-5-3-4-6-14(13)18(15(19)20-16)12-9-7-11(17)8-10-12/h3-10H,1-2H3. The molecular weight excluding hydrogens is 257 g/mol. The summed E-state index contributed by atoms with van der Waals surface area (Å²) in [5.41, 5.74) is 1.59. The minimum Gasteiger partial charge on any atom is -0.438 e. The van der Waals surface area contributed by atoms with Crippen molar-refractivity contribution in [2.24, 2.45) is 0 Å². The number of nitrogens with zero attached hydrogens (tertiary/aromatic N) is 1. The molecule has 3 nitrogen and oxygen atoms in total. The number of carbonyl (C=O) groups is 1. The van der Waals surface area contributed by atoms with E-state index >= 15 is 0 Å². The second kappa shape index (κ2) is 4.34. The highest BCUT2D eigenvalue weighted by atomic mass is 19.1. The smallest absolute Gasteiger partial charge is 0.419 e. The first kappa shape index (κ1) is 12.7. The molecule has 0 bridgehead atoms. The van der Waals surface area contributed by atoms with Gasteiger partial charge in [-0.3, -0.25) is 0 Å². The summed E-state index contributed by atoms with van der Waals surface area (Å²) in [6, 6.07) is 13.3. The minimum absolute atomic E-state index is 0.340. The summed E-state index contributed by atoms with van der Waals surface area (Å²) in [5.74, 6) is -0.340. The zero-order chi connectivity index (χ0) is 14.3. The van der Waals surface area contributed by atoms with Crippen LogP contribution in [-0.4, -0.2) is 6.09 Å². The number of para-hydroxylation sites is 1. The maximum atomic E-state index is 13.0. The molecule has 1 amide bonds. The molecule has 0 spiro atoms. The Hall–Kier alpha value is -2.36. The highest BCUT2D eigenvalue weighted by molar-refractivity contribution is 5.98. The fourth-order valence-corrected chi connectivity index (χ4v) is 2.43. The van der Waals surface area contributed by atoms with Crippen molar-refractivity contribution in [2.45, 2.75) is 19.4 Å². The third-order valence-corrected chi connectivity index (χ3v) is 3.40. The van der Waals surface area contributed by atoms with Crippen molar-refractivity contribution in [3.63, 3.8) is 0 Å². The van der Waals surface area contributed by atoms with Crippen molar-refractivity contribution in [3.8, 4) is 0 Å². The maximum Gasteiger partial charge on any atom is 0.419 e. The van der Waals surface area contributed by atoms with Crippen LogP contribution < -0.4 is 4.90 Å². The molecule has 0 atom stereocenters. The zero-order valence-electron chi connectivity index (χ0n) is 11.3. The van der Waals surface area contributed by atoms with Crippen LogP contribution in [0.4, 0.5) is 20.6 Å². The second-order valence-electron chi connectivity index (χ2n) is 5.21. The third kappa shape index (κ3) is 1.93. The van der Waals surface area contributed by atoms with Crippen LogP contribution in [-0.2, 0) is 10.3 Å². The van der Waals surface area contributed by atoms with E-state index in [-0.39, 0.29) is 5.82 Å². The van der Waals surface area contributed by atoms with Crippen LogP contribution in [0.5, 0.6) is 0 Å². The summed E-state index contributed by atoms with van der Waals surface area (Å²) in [6.07, 6.45) is -0.458. The lowest BCUT2D eigenvalue weighted by molar-refractivity contribution is 0.0374. The summed E-state index contributed by atoms with van der Waals surface area (Å²) in [4.78, 5) is 13.7. The van der Waals surface area contributed by atoms with Crippen LogP contribution in [0.25, 0.3) is 0 Å². The summed E-state index contributed by atoms with van der Waals surface area (Å²) in [5, 5.41) is 0. The third-order valence-electron chi connectivity index (χ3n) is 3.40. The molecule has 2 aromatic rings. The summed E-state index contributed by atoms with van der Waals surface area (Å²) in [6.45, 7) is 3.71. The van der Waals surface area contributed by atoms with Gasteiger partial charge in [-0.1, -0.05) is 18.2 Å². The van der Waals surface area contributed by atoms with E-state index in [1.165, 1.54) is 17.0 Å². The van der Waals surface area contributed by atoms with Crippen molar-refractivity contribution in [1.82, 2.24) is 0 Å². The lowest BCUT2D eigenvalue weighted by Crippen LogP contribution is -2.40. The monoisotopic (exact) mass is 271 g/mol. The molecule has 1 aliphatic rings. The van der Waals surface area contributed by atoms with E-state index in [9.17, 15) is 9.18 Å². The topological polar surface area (TPSA) is 29.5 Å². The summed E-state index contributed by atoms with van der Waals surface area (Å²) >= 11 is 0. The van der Waals surface area contributed by atoms with Crippen molar-refractivity contribution < 1.29 is 13.9 Å². The van der Waals surface area contributed by atoms with Gasteiger partial charge in [0.15, 0.2) is 0 Å². The molecular formula is C16H14FNO2. The van der Waals surface area contributed by atoms with E-state index in [1.54, 1.807) is 12.1 Å². The molecule has 0 saturated heterocycles. The van der Waals surface area contributed by atoms with Crippen LogP contribution in [0.3, 0.4) is 0 Å². The number of rotatable bonds is 1. The molecule has 20 heavy (non-hydrogen) atoms. The molecule has 0 unspecified atom stereocenters. The molecule has 3 rings (SSSR count). The van der Waals surface area contributed by atoms with Crippen LogP contribution in [0.15, 0.2) is 48.5 Å². The zero-order valence-corrected chi connectivity index (χ0v) is 11.3. The highest BCUT2D eigenvalue weighted by Gasteiger charge is 2.38. The number of carbonyl (C=O) groups excluding carboxylic acids is 1. The Kier molecular flexibility index (Phi) is 2.74. The maximum absolute atomic E-state index is 13.0. The number of hydrogen-bond acceptors (Lipinski definition) is 2. The number of hydrogen-bond donors (Lipinski definition) is 0. The number of amides is 1. The first-order valence-corrected chi connectivity index (χ1v) is 6.37. The largest absolute Gasteiger partial charge is 0.438 e. The molecule has 1 heterocycles. The van der Waals surface area contributed by atoms with Gasteiger partial charge in [-0.25, -0.2) is 14.1 Å². The van der Waals surface area contributed by atoms with Gasteiger partial charge in [0.2, 0.25) is 0 Å². The Morgan fingerprint density at radius 3 is 2.40 bits per heavy atom. The number of ether oxygens (including phenoxy) is 1. The molecule has 0 aliphatic carbocycles. The average molecular weight is 271 g/mol. The van der Waals surface area contributed by atoms with Crippen molar-refractivity contribution >= 4 is 17.5 Å². The van der Waals surface area contributed by atoms with Crippen molar-refractivity contribution in [3.05, 3.63) is 59.9 Å². The first-order valence-electron chi connectivity index (χ1n) is 6.37. The molecule has 0 radical (unpaired) electrons. The van der Waals surface area contributed by atoms with Crippen molar-refractivity contribution in [2.75, 3.05) is 4.90 Å². The number of halogens is 1. The van der Waals surface area contributed by atoms with Crippen LogP contribution in [0.1, 0.15) is 19.4 Å². The van der Waals surface area contributed by atoms with E-state index in [0.29, 0.717) is 5.69 Å².